The number of aliphatic carboxylic acids is 1. The van der Waals surface area contributed by atoms with E-state index in [9.17, 15) is 14.7 Å². The van der Waals surface area contributed by atoms with E-state index in [-0.39, 0.29) is 12.3 Å². The Hall–Kier alpha value is -3.15. The molecule has 138 valence electrons. The Kier molecular flexibility index (Phi) is 4.62. The summed E-state index contributed by atoms with van der Waals surface area (Å²) in [7, 11) is 0. The van der Waals surface area contributed by atoms with E-state index in [1.165, 1.54) is 0 Å². The number of hydrogen-bond acceptors (Lipinski definition) is 3. The van der Waals surface area contributed by atoms with Crippen LogP contribution in [0.4, 0.5) is 0 Å². The summed E-state index contributed by atoms with van der Waals surface area (Å²) >= 11 is 0. The van der Waals surface area contributed by atoms with Crippen LogP contribution in [0.1, 0.15) is 46.9 Å². The fourth-order valence-electron chi connectivity index (χ4n) is 3.70. The molecule has 1 aromatic heterocycles. The number of aromatic nitrogens is 2. The lowest BCUT2D eigenvalue weighted by atomic mass is 9.99. The minimum atomic E-state index is -0.953. The summed E-state index contributed by atoms with van der Waals surface area (Å²) in [6.07, 6.45) is 4.34. The second-order valence-electron chi connectivity index (χ2n) is 6.92. The summed E-state index contributed by atoms with van der Waals surface area (Å²) in [5.41, 5.74) is 2.27. The molecular weight excluding hydrogens is 342 g/mol. The van der Waals surface area contributed by atoms with Gasteiger partial charge < -0.3 is 10.4 Å². The van der Waals surface area contributed by atoms with Crippen LogP contribution in [0.5, 0.6) is 0 Å². The van der Waals surface area contributed by atoms with Crippen molar-refractivity contribution < 1.29 is 14.7 Å². The highest BCUT2D eigenvalue weighted by Gasteiger charge is 2.24. The second-order valence-corrected chi connectivity index (χ2v) is 6.92. The maximum absolute atomic E-state index is 12.8. The zero-order valence-electron chi connectivity index (χ0n) is 14.9. The van der Waals surface area contributed by atoms with Gasteiger partial charge in [0.15, 0.2) is 0 Å². The van der Waals surface area contributed by atoms with Crippen molar-refractivity contribution in [3.05, 3.63) is 65.5 Å². The first-order valence-corrected chi connectivity index (χ1v) is 9.18. The van der Waals surface area contributed by atoms with Crippen LogP contribution >= 0.6 is 0 Å². The average Bonchev–Trinajstić information content (AvgIpc) is 3.11. The molecule has 0 radical (unpaired) electrons. The number of benzene rings is 2. The number of carbonyl (C=O) groups excluding carboxylic acids is 1. The lowest BCUT2D eigenvalue weighted by Gasteiger charge is -2.19. The number of rotatable bonds is 5. The van der Waals surface area contributed by atoms with E-state index in [1.54, 1.807) is 6.20 Å². The largest absolute Gasteiger partial charge is 0.481 e. The molecular formula is C21H21N3O3. The number of carbonyl (C=O) groups is 2. The Bertz CT molecular complexity index is 1010. The Morgan fingerprint density at radius 3 is 2.78 bits per heavy atom. The number of hydrogen-bond donors (Lipinski definition) is 2. The van der Waals surface area contributed by atoms with E-state index in [2.05, 4.69) is 10.4 Å². The molecule has 0 fully saturated rings. The first-order valence-electron chi connectivity index (χ1n) is 9.18. The molecule has 1 atom stereocenters. The summed E-state index contributed by atoms with van der Waals surface area (Å²) in [5.74, 6) is -1.22. The normalized spacial score (nSPS) is 14.5. The molecule has 3 aromatic rings. The molecule has 0 aliphatic carbocycles. The average molecular weight is 363 g/mol. The quantitative estimate of drug-likeness (QED) is 0.728. The Morgan fingerprint density at radius 1 is 1.15 bits per heavy atom. The third-order valence-corrected chi connectivity index (χ3v) is 5.09. The third-order valence-electron chi connectivity index (χ3n) is 5.09. The zero-order valence-corrected chi connectivity index (χ0v) is 14.9. The van der Waals surface area contributed by atoms with Gasteiger partial charge in [-0.15, -0.1) is 0 Å². The number of aryl methyl sites for hydroxylation is 1. The molecule has 1 amide bonds. The Morgan fingerprint density at radius 2 is 1.96 bits per heavy atom. The van der Waals surface area contributed by atoms with Gasteiger partial charge in [0.1, 0.15) is 0 Å². The Balaban J connectivity index is 1.62. The SMILES string of the molecule is O=C(O)C[C@H](NC(=O)c1cnn2c1CCCC2)c1ccc2ccccc2c1. The minimum Gasteiger partial charge on any atom is -0.481 e. The number of carboxylic acid groups (broad SMARTS) is 1. The number of amides is 1. The summed E-state index contributed by atoms with van der Waals surface area (Å²) in [6.45, 7) is 0.825. The van der Waals surface area contributed by atoms with Gasteiger partial charge in [0, 0.05) is 6.54 Å². The van der Waals surface area contributed by atoms with Gasteiger partial charge >= 0.3 is 5.97 Å². The van der Waals surface area contributed by atoms with Gasteiger partial charge in [-0.2, -0.15) is 5.10 Å². The van der Waals surface area contributed by atoms with Crippen LogP contribution in [0, 0.1) is 0 Å². The van der Waals surface area contributed by atoms with Crippen molar-refractivity contribution in [1.82, 2.24) is 15.1 Å². The van der Waals surface area contributed by atoms with Gasteiger partial charge in [-0.3, -0.25) is 14.3 Å². The van der Waals surface area contributed by atoms with Crippen molar-refractivity contribution in [2.24, 2.45) is 0 Å². The van der Waals surface area contributed by atoms with E-state index < -0.39 is 12.0 Å². The molecule has 0 spiro atoms. The van der Waals surface area contributed by atoms with Crippen LogP contribution < -0.4 is 5.32 Å². The highest BCUT2D eigenvalue weighted by atomic mass is 16.4. The minimum absolute atomic E-state index is 0.173. The van der Waals surface area contributed by atoms with Gasteiger partial charge in [0.05, 0.1) is 29.9 Å². The summed E-state index contributed by atoms with van der Waals surface area (Å²) in [5, 5.41) is 18.6. The number of nitrogens with zero attached hydrogens (tertiary/aromatic N) is 2. The lowest BCUT2D eigenvalue weighted by Crippen LogP contribution is -2.31. The van der Waals surface area contributed by atoms with Crippen LogP contribution in [0.3, 0.4) is 0 Å². The lowest BCUT2D eigenvalue weighted by molar-refractivity contribution is -0.137. The fraction of sp³-hybridized carbons (Fsp3) is 0.286. The van der Waals surface area contributed by atoms with Crippen LogP contribution in [-0.4, -0.2) is 26.8 Å². The highest BCUT2D eigenvalue weighted by molar-refractivity contribution is 5.95. The van der Waals surface area contributed by atoms with Crippen LogP contribution in [0.15, 0.2) is 48.7 Å². The smallest absolute Gasteiger partial charge is 0.305 e. The predicted octanol–water partition coefficient (Wildman–Crippen LogP) is 3.32. The van der Waals surface area contributed by atoms with Gasteiger partial charge in [-0.25, -0.2) is 0 Å². The van der Waals surface area contributed by atoms with Crippen molar-refractivity contribution in [2.75, 3.05) is 0 Å². The Labute approximate surface area is 156 Å². The van der Waals surface area contributed by atoms with Crippen molar-refractivity contribution in [3.8, 4) is 0 Å². The molecule has 0 unspecified atom stereocenters. The van der Waals surface area contributed by atoms with Gasteiger partial charge in [-0.1, -0.05) is 36.4 Å². The van der Waals surface area contributed by atoms with Crippen LogP contribution in [0.2, 0.25) is 0 Å². The maximum atomic E-state index is 12.8. The first-order chi connectivity index (χ1) is 13.1. The van der Waals surface area contributed by atoms with Crippen molar-refractivity contribution in [2.45, 2.75) is 38.3 Å². The fourth-order valence-corrected chi connectivity index (χ4v) is 3.70. The molecule has 1 aliphatic heterocycles. The van der Waals surface area contributed by atoms with Gasteiger partial charge in [-0.05, 0) is 41.7 Å². The van der Waals surface area contributed by atoms with Gasteiger partial charge in [0.25, 0.3) is 5.91 Å². The third kappa shape index (κ3) is 3.56. The molecule has 27 heavy (non-hydrogen) atoms. The molecule has 2 aromatic carbocycles. The van der Waals surface area contributed by atoms with E-state index >= 15 is 0 Å². The zero-order chi connectivity index (χ0) is 18.8. The van der Waals surface area contributed by atoms with Crippen molar-refractivity contribution in [3.63, 3.8) is 0 Å². The number of fused-ring (bicyclic) bond motifs is 2. The molecule has 0 saturated carbocycles. The van der Waals surface area contributed by atoms with E-state index in [0.29, 0.717) is 5.56 Å². The molecule has 0 saturated heterocycles. The maximum Gasteiger partial charge on any atom is 0.305 e. The predicted molar refractivity (Wildman–Crippen MR) is 102 cm³/mol. The summed E-state index contributed by atoms with van der Waals surface area (Å²) < 4.78 is 1.88. The first kappa shape index (κ1) is 17.3. The van der Waals surface area contributed by atoms with E-state index in [0.717, 1.165) is 47.8 Å². The van der Waals surface area contributed by atoms with Crippen molar-refractivity contribution in [1.29, 1.82) is 0 Å². The standard InChI is InChI=1S/C21H21N3O3/c25-20(26)12-18(16-9-8-14-5-1-2-6-15(14)11-16)23-21(27)17-13-22-24-10-4-3-7-19(17)24/h1-2,5-6,8-9,11,13,18H,3-4,7,10,12H2,(H,23,27)(H,25,26)/t18-/m0/s1. The van der Waals surface area contributed by atoms with Crippen LogP contribution in [0.25, 0.3) is 10.8 Å². The molecule has 2 heterocycles. The molecule has 4 rings (SSSR count). The molecule has 0 bridgehead atoms. The molecule has 1 aliphatic rings. The van der Waals surface area contributed by atoms with Crippen molar-refractivity contribution >= 4 is 22.6 Å². The van der Waals surface area contributed by atoms with Gasteiger partial charge in [0.2, 0.25) is 0 Å². The van der Waals surface area contributed by atoms with E-state index in [1.807, 2.05) is 47.1 Å². The summed E-state index contributed by atoms with van der Waals surface area (Å²) in [4.78, 5) is 24.2. The van der Waals surface area contributed by atoms with E-state index in [4.69, 9.17) is 0 Å². The summed E-state index contributed by atoms with van der Waals surface area (Å²) in [6, 6.07) is 13.1. The van der Waals surface area contributed by atoms with Crippen LogP contribution in [-0.2, 0) is 17.8 Å². The molecule has 6 nitrogen and oxygen atoms in total. The number of nitrogens with one attached hydrogen (secondary N) is 1. The number of carboxylic acids is 1. The topological polar surface area (TPSA) is 84.2 Å². The monoisotopic (exact) mass is 363 g/mol. The second kappa shape index (κ2) is 7.23. The highest BCUT2D eigenvalue weighted by Crippen LogP contribution is 2.24. The molecule has 2 N–H and O–H groups in total. The molecule has 6 heteroatoms.